The Morgan fingerprint density at radius 1 is 0.900 bits per heavy atom. The van der Waals surface area contributed by atoms with Crippen LogP contribution in [0.2, 0.25) is 0 Å². The van der Waals surface area contributed by atoms with Crippen LogP contribution in [-0.4, -0.2) is 13.1 Å². The summed E-state index contributed by atoms with van der Waals surface area (Å²) in [5.41, 5.74) is 9.81. The fourth-order valence-electron chi connectivity index (χ4n) is 0.194. The van der Waals surface area contributed by atoms with Crippen molar-refractivity contribution in [2.24, 2.45) is 11.5 Å². The zero-order chi connectivity index (χ0) is 7.66. The molecule has 4 heteroatoms. The van der Waals surface area contributed by atoms with Crippen LogP contribution in [0.3, 0.4) is 0 Å². The summed E-state index contributed by atoms with van der Waals surface area (Å²) >= 11 is 1.11. The number of nitrogens with two attached hydrogens (primary N) is 2. The zero-order valence-corrected chi connectivity index (χ0v) is 9.95. The molecule has 0 spiro atoms. The van der Waals surface area contributed by atoms with Crippen molar-refractivity contribution in [3.8, 4) is 0 Å². The fraction of sp³-hybridized carbons (Fsp3) is 0.333. The van der Waals surface area contributed by atoms with Crippen LogP contribution in [0.5, 0.6) is 0 Å². The smallest absolute Gasteiger partial charge is 0.00461 e. The molecule has 4 N–H and O–H groups in total. The van der Waals surface area contributed by atoms with Crippen molar-refractivity contribution in [1.29, 1.82) is 0 Å². The molecule has 1 heterocycles. The van der Waals surface area contributed by atoms with Gasteiger partial charge >= 0.3 is 0 Å². The van der Waals surface area contributed by atoms with Gasteiger partial charge in [-0.15, -0.1) is 0 Å². The first-order valence-corrected chi connectivity index (χ1v) is 11.7. The quantitative estimate of drug-likeness (QED) is 0.696. The Hall–Kier alpha value is 0.860. The van der Waals surface area contributed by atoms with Crippen molar-refractivity contribution in [2.45, 2.75) is 0 Å². The molecule has 0 atom stereocenters. The van der Waals surface area contributed by atoms with Gasteiger partial charge in [-0.25, -0.2) is 0 Å². The molecule has 0 unspecified atom stereocenters. The molecule has 0 saturated carbocycles. The van der Waals surface area contributed by atoms with Gasteiger partial charge in [-0.2, -0.15) is 0 Å². The molecule has 0 aromatic carbocycles. The topological polar surface area (TPSA) is 52.0 Å². The summed E-state index contributed by atoms with van der Waals surface area (Å²) in [6.45, 7) is 1.19. The monoisotopic (exact) mass is 366 g/mol. The van der Waals surface area contributed by atoms with Crippen LogP contribution < -0.4 is 11.5 Å². The Balaban J connectivity index is 0.000000180. The van der Waals surface area contributed by atoms with E-state index in [0.717, 1.165) is 0 Å². The Morgan fingerprint density at radius 2 is 1.30 bits per heavy atom. The van der Waals surface area contributed by atoms with E-state index in [0.29, 0.717) is 46.3 Å². The fourth-order valence-corrected chi connectivity index (χ4v) is 5.51. The maximum absolute atomic E-state index is 4.90. The van der Waals surface area contributed by atoms with Gasteiger partial charge in [-0.05, 0) is 8.17 Å². The minimum absolute atomic E-state index is 0.557. The van der Waals surface area contributed by atoms with Crippen LogP contribution >= 0.6 is 33.2 Å². The van der Waals surface area contributed by atoms with Crippen molar-refractivity contribution in [1.82, 2.24) is 0 Å². The van der Waals surface area contributed by atoms with Gasteiger partial charge in [-0.3, -0.25) is 0 Å². The van der Waals surface area contributed by atoms with Crippen molar-refractivity contribution < 1.29 is 0 Å². The molecule has 0 aromatic heterocycles. The lowest BCUT2D eigenvalue weighted by atomic mass is 10.6. The van der Waals surface area contributed by atoms with Gasteiger partial charge in [0, 0.05) is 13.1 Å². The van der Waals surface area contributed by atoms with Gasteiger partial charge < -0.3 is 11.5 Å². The largest absolute Gasteiger partial charge is 0.329 e. The zero-order valence-electron chi connectivity index (χ0n) is 5.63. The number of allylic oxidation sites excluding steroid dienone is 2. The highest BCUT2D eigenvalue weighted by molar-refractivity contribution is 14.8. The van der Waals surface area contributed by atoms with Crippen LogP contribution in [-0.2, 0) is 0 Å². The van der Waals surface area contributed by atoms with E-state index in [1.807, 2.05) is 0 Å². The third-order valence-corrected chi connectivity index (χ3v) is 7.68. The van der Waals surface area contributed by atoms with Crippen LogP contribution in [0, 0.1) is 0 Å². The van der Waals surface area contributed by atoms with Crippen molar-refractivity contribution in [3.63, 3.8) is 0 Å². The van der Waals surface area contributed by atoms with E-state index in [2.05, 4.69) is 20.3 Å². The first-order valence-electron chi connectivity index (χ1n) is 2.90. The number of halogens is 2. The van der Waals surface area contributed by atoms with Crippen LogP contribution in [0.25, 0.3) is 0 Å². The van der Waals surface area contributed by atoms with Gasteiger partial charge in [0.05, 0.1) is 0 Å². The van der Waals surface area contributed by atoms with Crippen LogP contribution in [0.1, 0.15) is 0 Å². The van der Waals surface area contributed by atoms with E-state index in [-0.39, 0.29) is 0 Å². The second-order valence-corrected chi connectivity index (χ2v) is 10.1. The second kappa shape index (κ2) is 9.86. The van der Waals surface area contributed by atoms with E-state index in [1.54, 1.807) is 0 Å². The third-order valence-electron chi connectivity index (χ3n) is 0.566. The molecule has 60 valence electrons. The lowest BCUT2D eigenvalue weighted by Gasteiger charge is -1.75. The molecule has 0 radical (unpaired) electrons. The first-order chi connectivity index (χ1) is 4.91. The summed E-state index contributed by atoms with van der Waals surface area (Å²) in [5, 5.41) is 0. The average Bonchev–Trinajstić information content (AvgIpc) is 2.08. The lowest BCUT2D eigenvalue weighted by Crippen LogP contribution is -2.11. The van der Waals surface area contributed by atoms with Gasteiger partial charge in [0.2, 0.25) is 0 Å². The molecule has 0 aliphatic carbocycles. The van der Waals surface area contributed by atoms with E-state index in [1.165, 1.54) is 0 Å². The summed E-state index contributed by atoms with van der Waals surface area (Å²) in [5.74, 6) is 0. The van der Waals surface area contributed by atoms with Crippen molar-refractivity contribution in [2.75, 3.05) is 13.1 Å². The van der Waals surface area contributed by atoms with Gasteiger partial charge in [-0.1, -0.05) is 45.3 Å². The Labute approximate surface area is 77.4 Å². The van der Waals surface area contributed by atoms with Crippen LogP contribution in [0.15, 0.2) is 20.3 Å². The summed E-state index contributed by atoms with van der Waals surface area (Å²) in [6.07, 6.45) is 4.33. The van der Waals surface area contributed by atoms with E-state index < -0.39 is 0 Å². The van der Waals surface area contributed by atoms with Crippen molar-refractivity contribution in [3.05, 3.63) is 20.3 Å². The molecule has 0 fully saturated rings. The lowest BCUT2D eigenvalue weighted by molar-refractivity contribution is 0.976. The molecule has 0 saturated heterocycles. The predicted molar refractivity (Wildman–Crippen MR) is 64.4 cm³/mol. The molecule has 2 nitrogen and oxygen atoms in total. The highest BCUT2D eigenvalue weighted by atomic mass is 128. The highest BCUT2D eigenvalue weighted by Gasteiger charge is 1.67. The molecule has 1 rings (SSSR count). The minimum Gasteiger partial charge on any atom is -0.329 e. The summed E-state index contributed by atoms with van der Waals surface area (Å²) in [6, 6.07) is 0. The summed E-state index contributed by atoms with van der Waals surface area (Å²) in [4.78, 5) is 0. The van der Waals surface area contributed by atoms with Crippen molar-refractivity contribution >= 4 is 33.2 Å². The van der Waals surface area contributed by atoms with Gasteiger partial charge in [0.15, 0.2) is 0 Å². The second-order valence-electron chi connectivity index (χ2n) is 1.38. The number of hydrogen-bond acceptors (Lipinski definition) is 2. The molecule has 0 amide bonds. The Morgan fingerprint density at radius 3 is 1.40 bits per heavy atom. The third kappa shape index (κ3) is 8.86. The molecular weight excluding hydrogens is 354 g/mol. The van der Waals surface area contributed by atoms with Gasteiger partial charge in [0.1, 0.15) is 0 Å². The van der Waals surface area contributed by atoms with E-state index in [9.17, 15) is 0 Å². The molecule has 10 heavy (non-hydrogen) atoms. The molecule has 0 bridgehead atoms. The minimum atomic E-state index is 0.557. The van der Waals surface area contributed by atoms with Crippen LogP contribution in [0.4, 0.5) is 0 Å². The SMILES string of the molecule is C1=CI=IC=C1.NCCN. The van der Waals surface area contributed by atoms with Gasteiger partial charge in [0.25, 0.3) is 0 Å². The highest BCUT2D eigenvalue weighted by Crippen LogP contribution is 2.22. The first kappa shape index (κ1) is 10.9. The maximum Gasteiger partial charge on any atom is 0.00461 e. The predicted octanol–water partition coefficient (Wildman–Crippen LogP) is 1.79. The van der Waals surface area contributed by atoms with E-state index in [4.69, 9.17) is 11.5 Å². The van der Waals surface area contributed by atoms with E-state index >= 15 is 0 Å². The summed E-state index contributed by atoms with van der Waals surface area (Å²) < 4.78 is 4.68. The normalized spacial score (nSPS) is 14.2. The summed E-state index contributed by atoms with van der Waals surface area (Å²) in [7, 11) is 0. The standard InChI is InChI=1S/C4H4I2.C2H8N2/c1-2-4-6-5-3-1;3-1-2-4/h1-4H;1-4H2. The Bertz CT molecular complexity index is 103. The molecular formula is C6H12I2N2. The number of hydrogen-bond donors (Lipinski definition) is 2. The molecule has 0 aromatic rings. The molecule has 1 aliphatic rings. The average molecular weight is 366 g/mol. The Kier molecular flexibility index (Phi) is 10.7. The maximum atomic E-state index is 4.90. The number of rotatable bonds is 1. The molecule has 1 aliphatic heterocycles.